The third-order valence-electron chi connectivity index (χ3n) is 4.35. The number of hydrogen-bond donors (Lipinski definition) is 2. The largest absolute Gasteiger partial charge is 0.422 e. The van der Waals surface area contributed by atoms with Gasteiger partial charge in [0.1, 0.15) is 5.92 Å². The lowest BCUT2D eigenvalue weighted by Crippen LogP contribution is -2.33. The van der Waals surface area contributed by atoms with Crippen molar-refractivity contribution in [3.63, 3.8) is 0 Å². The normalized spacial score (nSPS) is 19.4. The van der Waals surface area contributed by atoms with Crippen molar-refractivity contribution in [1.29, 1.82) is 10.7 Å². The van der Waals surface area contributed by atoms with Crippen molar-refractivity contribution in [1.82, 2.24) is 10.2 Å². The first kappa shape index (κ1) is 18.8. The van der Waals surface area contributed by atoms with Crippen LogP contribution < -0.4 is 4.74 Å². The molecule has 0 saturated heterocycles. The Balaban J connectivity index is 2.42. The highest BCUT2D eigenvalue weighted by molar-refractivity contribution is 5.85. The average Bonchev–Trinajstić information content (AvgIpc) is 3.02. The van der Waals surface area contributed by atoms with E-state index in [1.54, 1.807) is 26.8 Å². The number of hydrogen-bond acceptors (Lipinski definition) is 4. The van der Waals surface area contributed by atoms with E-state index in [9.17, 15) is 27.2 Å². The second-order valence-electron chi connectivity index (χ2n) is 7.10. The Kier molecular flexibility index (Phi) is 4.21. The van der Waals surface area contributed by atoms with E-state index in [0.717, 1.165) is 0 Å². The molecule has 0 radical (unpaired) electrons. The van der Waals surface area contributed by atoms with Crippen LogP contribution in [0.15, 0.2) is 0 Å². The number of H-pyrrole nitrogens is 1. The first-order chi connectivity index (χ1) is 12.5. The van der Waals surface area contributed by atoms with Crippen LogP contribution in [-0.2, 0) is 5.41 Å². The van der Waals surface area contributed by atoms with Crippen molar-refractivity contribution in [2.24, 2.45) is 5.92 Å². The number of ether oxygens (including phenoxy) is 1. The second kappa shape index (κ2) is 6.04. The predicted molar refractivity (Wildman–Crippen MR) is 82.8 cm³/mol. The lowest BCUT2D eigenvalue weighted by atomic mass is 9.75. The van der Waals surface area contributed by atoms with E-state index in [2.05, 4.69) is 10.2 Å². The van der Waals surface area contributed by atoms with Gasteiger partial charge in [-0.2, -0.15) is 5.26 Å². The summed E-state index contributed by atoms with van der Waals surface area (Å²) in [7, 11) is 0. The van der Waals surface area contributed by atoms with Gasteiger partial charge in [0.15, 0.2) is 23.3 Å². The van der Waals surface area contributed by atoms with Gasteiger partial charge in [0, 0.05) is 28.2 Å². The summed E-state index contributed by atoms with van der Waals surface area (Å²) in [5.74, 6) is -14.9. The molecule has 2 atom stereocenters. The summed E-state index contributed by atoms with van der Waals surface area (Å²) in [4.78, 5) is 0. The van der Waals surface area contributed by atoms with Gasteiger partial charge in [-0.3, -0.25) is 10.5 Å². The van der Waals surface area contributed by atoms with Crippen LogP contribution in [0, 0.1) is 51.7 Å². The molecular weight excluding hydrogens is 371 g/mol. The molecule has 0 bridgehead atoms. The Morgan fingerprint density at radius 1 is 1.00 bits per heavy atom. The van der Waals surface area contributed by atoms with Crippen molar-refractivity contribution < 1.29 is 26.7 Å². The molecule has 0 aliphatic carbocycles. The molecule has 1 aromatic carbocycles. The van der Waals surface area contributed by atoms with Gasteiger partial charge in [-0.15, -0.1) is 5.10 Å². The summed E-state index contributed by atoms with van der Waals surface area (Å²) < 4.78 is 75.1. The van der Waals surface area contributed by atoms with E-state index >= 15 is 0 Å². The first-order valence-corrected chi connectivity index (χ1v) is 7.76. The smallest absolute Gasteiger partial charge is 0.243 e. The molecule has 0 fully saturated rings. The van der Waals surface area contributed by atoms with E-state index in [0.29, 0.717) is 5.69 Å². The van der Waals surface area contributed by atoms with Gasteiger partial charge in [-0.1, -0.05) is 20.8 Å². The van der Waals surface area contributed by atoms with Gasteiger partial charge < -0.3 is 4.74 Å². The first-order valence-electron chi connectivity index (χ1n) is 7.76. The fraction of sp³-hybridized carbons (Fsp3) is 0.353. The molecule has 10 heteroatoms. The summed E-state index contributed by atoms with van der Waals surface area (Å²) in [5.41, 5.74) is -1.61. The maximum absolute atomic E-state index is 14.5. The van der Waals surface area contributed by atoms with Gasteiger partial charge in [-0.25, -0.2) is 22.0 Å². The highest BCUT2D eigenvalue weighted by Gasteiger charge is 2.46. The van der Waals surface area contributed by atoms with Gasteiger partial charge in [-0.05, 0) is 0 Å². The number of benzene rings is 1. The van der Waals surface area contributed by atoms with Crippen molar-refractivity contribution >= 4 is 5.90 Å². The van der Waals surface area contributed by atoms with Crippen molar-refractivity contribution in [2.75, 3.05) is 0 Å². The molecule has 0 saturated carbocycles. The van der Waals surface area contributed by atoms with Crippen LogP contribution in [0.3, 0.4) is 0 Å². The SMILES string of the molecule is CC(C)(C)c1[nH]nc2c1C(c1c(F)c(F)c(F)c(F)c1F)C(C#N)C(=N)O2. The summed E-state index contributed by atoms with van der Waals surface area (Å²) in [6, 6.07) is 1.66. The quantitative estimate of drug-likeness (QED) is 0.442. The lowest BCUT2D eigenvalue weighted by Gasteiger charge is -2.31. The van der Waals surface area contributed by atoms with E-state index in [1.165, 1.54) is 0 Å². The molecule has 1 aromatic heterocycles. The zero-order valence-corrected chi connectivity index (χ0v) is 14.3. The van der Waals surface area contributed by atoms with Gasteiger partial charge in [0.05, 0.1) is 6.07 Å². The molecule has 27 heavy (non-hydrogen) atoms. The topological polar surface area (TPSA) is 85.5 Å². The minimum absolute atomic E-state index is 0.0201. The highest BCUT2D eigenvalue weighted by atomic mass is 19.2. The maximum atomic E-state index is 14.5. The number of halogens is 5. The summed E-state index contributed by atoms with van der Waals surface area (Å²) in [6.07, 6.45) is 0. The van der Waals surface area contributed by atoms with Crippen molar-refractivity contribution in [2.45, 2.75) is 32.1 Å². The van der Waals surface area contributed by atoms with Crippen LogP contribution in [0.25, 0.3) is 0 Å². The Hall–Kier alpha value is -2.96. The monoisotopic (exact) mass is 384 g/mol. The summed E-state index contributed by atoms with van der Waals surface area (Å²) in [5, 5.41) is 23.7. The summed E-state index contributed by atoms with van der Waals surface area (Å²) in [6.45, 7) is 5.16. The Morgan fingerprint density at radius 2 is 1.52 bits per heavy atom. The maximum Gasteiger partial charge on any atom is 0.243 e. The molecule has 0 spiro atoms. The number of fused-ring (bicyclic) bond motifs is 1. The molecule has 1 aliphatic heterocycles. The molecule has 3 rings (SSSR count). The zero-order chi connectivity index (χ0) is 20.3. The Morgan fingerprint density at radius 3 is 2.00 bits per heavy atom. The number of nitrogens with one attached hydrogen (secondary N) is 2. The Bertz CT molecular complexity index is 973. The van der Waals surface area contributed by atoms with E-state index in [4.69, 9.17) is 10.1 Å². The Labute approximate surface area is 150 Å². The number of nitriles is 1. The van der Waals surface area contributed by atoms with Crippen LogP contribution in [0.4, 0.5) is 22.0 Å². The average molecular weight is 384 g/mol. The minimum atomic E-state index is -2.30. The number of nitrogens with zero attached hydrogens (tertiary/aromatic N) is 2. The molecule has 2 unspecified atom stereocenters. The van der Waals surface area contributed by atoms with Crippen LogP contribution in [0.1, 0.15) is 43.5 Å². The summed E-state index contributed by atoms with van der Waals surface area (Å²) >= 11 is 0. The molecule has 142 valence electrons. The minimum Gasteiger partial charge on any atom is -0.422 e. The number of aromatic nitrogens is 2. The third-order valence-corrected chi connectivity index (χ3v) is 4.35. The van der Waals surface area contributed by atoms with E-state index in [-0.39, 0.29) is 11.4 Å². The van der Waals surface area contributed by atoms with Gasteiger partial charge >= 0.3 is 0 Å². The molecule has 1 aliphatic rings. The van der Waals surface area contributed by atoms with Gasteiger partial charge in [0.2, 0.25) is 17.6 Å². The van der Waals surface area contributed by atoms with E-state index < -0.39 is 57.8 Å². The molecule has 2 N–H and O–H groups in total. The van der Waals surface area contributed by atoms with Crippen LogP contribution in [-0.4, -0.2) is 16.1 Å². The van der Waals surface area contributed by atoms with Crippen LogP contribution >= 0.6 is 0 Å². The molecular formula is C17H13F5N4O. The van der Waals surface area contributed by atoms with Crippen LogP contribution in [0.2, 0.25) is 0 Å². The third kappa shape index (κ3) is 2.65. The molecule has 2 aromatic rings. The number of rotatable bonds is 1. The molecule has 2 heterocycles. The molecule has 5 nitrogen and oxygen atoms in total. The van der Waals surface area contributed by atoms with Crippen LogP contribution in [0.5, 0.6) is 5.88 Å². The second-order valence-corrected chi connectivity index (χ2v) is 7.10. The van der Waals surface area contributed by atoms with Crippen molar-refractivity contribution in [3.05, 3.63) is 45.9 Å². The predicted octanol–water partition coefficient (Wildman–Crippen LogP) is 4.04. The lowest BCUT2D eigenvalue weighted by molar-refractivity contribution is 0.356. The standard InChI is InChI=1S/C17H13F5N4O/c1-17(2,3)14-8-6(5(4-23)15(24)27-16(8)26-25-14)7-9(18)11(20)13(22)12(21)10(7)19/h5-6,24H,1-3H3,(H,25,26). The fourth-order valence-electron chi connectivity index (χ4n) is 3.10. The number of aromatic amines is 1. The van der Waals surface area contributed by atoms with Gasteiger partial charge in [0.25, 0.3) is 0 Å². The zero-order valence-electron chi connectivity index (χ0n) is 14.3. The highest BCUT2D eigenvalue weighted by Crippen LogP contribution is 2.47. The van der Waals surface area contributed by atoms with E-state index in [1.807, 2.05) is 0 Å². The fourth-order valence-corrected chi connectivity index (χ4v) is 3.10. The van der Waals surface area contributed by atoms with Crippen molar-refractivity contribution in [3.8, 4) is 11.9 Å². The molecule has 0 amide bonds.